The van der Waals surface area contributed by atoms with Gasteiger partial charge in [0.1, 0.15) is 16.5 Å². The number of H-pyrrole nitrogens is 1. The second kappa shape index (κ2) is 7.48. The lowest BCUT2D eigenvalue weighted by Crippen LogP contribution is -2.25. The normalized spacial score (nSPS) is 11.9. The average molecular weight is 333 g/mol. The monoisotopic (exact) mass is 333 g/mol. The van der Waals surface area contributed by atoms with Crippen LogP contribution in [0.5, 0.6) is 0 Å². The lowest BCUT2D eigenvalue weighted by Gasteiger charge is -2.11. The van der Waals surface area contributed by atoms with E-state index in [1.165, 1.54) is 12.3 Å². The largest absolute Gasteiger partial charge is 0.359 e. The first kappa shape index (κ1) is 16.6. The summed E-state index contributed by atoms with van der Waals surface area (Å²) in [6.45, 7) is 2.22. The van der Waals surface area contributed by atoms with E-state index in [-0.39, 0.29) is 16.3 Å². The van der Waals surface area contributed by atoms with Crippen molar-refractivity contribution in [3.63, 3.8) is 0 Å². The number of hydrogen-bond acceptors (Lipinski definition) is 7. The second-order valence-electron chi connectivity index (χ2n) is 4.44. The van der Waals surface area contributed by atoms with Gasteiger partial charge in [-0.05, 0) is 23.8 Å². The van der Waals surface area contributed by atoms with Crippen LogP contribution < -0.4 is 10.0 Å². The van der Waals surface area contributed by atoms with E-state index >= 15 is 0 Å². The summed E-state index contributed by atoms with van der Waals surface area (Å²) < 4.78 is 27.1. The number of para-hydroxylation sites is 1. The summed E-state index contributed by atoms with van der Waals surface area (Å²) in [7, 11) is -3.64. The maximum absolute atomic E-state index is 12.3. The summed E-state index contributed by atoms with van der Waals surface area (Å²) in [6.07, 6.45) is 2.02. The Labute approximate surface area is 133 Å². The molecule has 0 radical (unpaired) electrons. The minimum Gasteiger partial charge on any atom is -0.359 e. The number of nitriles is 1. The zero-order valence-electron chi connectivity index (χ0n) is 12.3. The smallest absolute Gasteiger partial charge is 0.242 e. The number of benzene rings is 1. The van der Waals surface area contributed by atoms with Crippen LogP contribution in [-0.4, -0.2) is 35.6 Å². The molecule has 120 valence electrons. The van der Waals surface area contributed by atoms with Crippen molar-refractivity contribution < 1.29 is 8.42 Å². The highest BCUT2D eigenvalue weighted by Gasteiger charge is 2.17. The standard InChI is InChI=1S/C13H15N7O2S/c1-2-7-16-23(21,22)12-6-4-3-5-11(12)15-9-10(8-14)13-17-19-20-18-13/h3-6,9,15-16H,2,7H2,1H3,(H,17,18,19,20). The second-order valence-corrected chi connectivity index (χ2v) is 6.18. The van der Waals surface area contributed by atoms with Crippen LogP contribution in [-0.2, 0) is 10.0 Å². The van der Waals surface area contributed by atoms with Crippen molar-refractivity contribution in [1.29, 1.82) is 5.26 Å². The molecule has 0 aliphatic heterocycles. The number of hydrogen-bond donors (Lipinski definition) is 3. The van der Waals surface area contributed by atoms with Gasteiger partial charge in [0, 0.05) is 12.7 Å². The fourth-order valence-corrected chi connectivity index (χ4v) is 3.01. The van der Waals surface area contributed by atoms with Gasteiger partial charge in [-0.2, -0.15) is 10.5 Å². The molecule has 1 heterocycles. The van der Waals surface area contributed by atoms with Crippen LogP contribution in [0.4, 0.5) is 5.69 Å². The topological polar surface area (TPSA) is 136 Å². The first-order valence-corrected chi connectivity index (χ1v) is 8.26. The van der Waals surface area contributed by atoms with Crippen molar-refractivity contribution in [2.24, 2.45) is 0 Å². The molecule has 1 aromatic heterocycles. The van der Waals surface area contributed by atoms with Crippen LogP contribution >= 0.6 is 0 Å². The van der Waals surface area contributed by atoms with Crippen LogP contribution in [0.2, 0.25) is 0 Å². The van der Waals surface area contributed by atoms with E-state index in [2.05, 4.69) is 30.7 Å². The van der Waals surface area contributed by atoms with E-state index in [4.69, 9.17) is 5.26 Å². The molecule has 3 N–H and O–H groups in total. The fourth-order valence-electron chi connectivity index (χ4n) is 1.71. The third-order valence-electron chi connectivity index (χ3n) is 2.80. The van der Waals surface area contributed by atoms with E-state index in [9.17, 15) is 8.42 Å². The van der Waals surface area contributed by atoms with Crippen LogP contribution in [0.25, 0.3) is 5.57 Å². The highest BCUT2D eigenvalue weighted by atomic mass is 32.2. The van der Waals surface area contributed by atoms with Gasteiger partial charge in [-0.15, -0.1) is 10.2 Å². The van der Waals surface area contributed by atoms with Crippen molar-refractivity contribution in [2.75, 3.05) is 11.9 Å². The van der Waals surface area contributed by atoms with Gasteiger partial charge in [0.15, 0.2) is 0 Å². The lowest BCUT2D eigenvalue weighted by atomic mass is 10.3. The van der Waals surface area contributed by atoms with E-state index in [1.807, 2.05) is 13.0 Å². The molecule has 2 rings (SSSR count). The Kier molecular flexibility index (Phi) is 5.40. The van der Waals surface area contributed by atoms with Crippen LogP contribution in [0.1, 0.15) is 19.2 Å². The van der Waals surface area contributed by atoms with E-state index in [0.29, 0.717) is 18.7 Å². The zero-order chi connectivity index (χ0) is 16.7. The van der Waals surface area contributed by atoms with E-state index < -0.39 is 10.0 Å². The Morgan fingerprint density at radius 3 is 2.87 bits per heavy atom. The molecule has 0 saturated heterocycles. The summed E-state index contributed by atoms with van der Waals surface area (Å²) in [6, 6.07) is 8.31. The highest BCUT2D eigenvalue weighted by Crippen LogP contribution is 2.21. The summed E-state index contributed by atoms with van der Waals surface area (Å²) in [5.74, 6) is 0.115. The van der Waals surface area contributed by atoms with Gasteiger partial charge < -0.3 is 5.32 Å². The van der Waals surface area contributed by atoms with Crippen molar-refractivity contribution in [3.8, 4) is 6.07 Å². The maximum Gasteiger partial charge on any atom is 0.242 e. The Balaban J connectivity index is 2.30. The minimum absolute atomic E-state index is 0.0927. The molecule has 2 aromatic rings. The van der Waals surface area contributed by atoms with Gasteiger partial charge in [-0.1, -0.05) is 19.1 Å². The summed E-state index contributed by atoms with van der Waals surface area (Å²) >= 11 is 0. The quantitative estimate of drug-likeness (QED) is 0.639. The average Bonchev–Trinajstić information content (AvgIpc) is 3.08. The molecule has 0 aliphatic carbocycles. The number of allylic oxidation sites excluding steroid dienone is 1. The number of rotatable bonds is 7. The molecule has 1 aromatic carbocycles. The molecule has 0 saturated carbocycles. The number of anilines is 1. The van der Waals surface area contributed by atoms with Gasteiger partial charge >= 0.3 is 0 Å². The van der Waals surface area contributed by atoms with Crippen molar-refractivity contribution in [2.45, 2.75) is 18.2 Å². The number of sulfonamides is 1. The van der Waals surface area contributed by atoms with Gasteiger partial charge in [0.2, 0.25) is 15.8 Å². The van der Waals surface area contributed by atoms with Crippen molar-refractivity contribution in [3.05, 3.63) is 36.3 Å². The SMILES string of the molecule is CCCNS(=O)(=O)c1ccccc1NC=C(C#N)c1nn[nH]n1. The summed E-state index contributed by atoms with van der Waals surface area (Å²) in [4.78, 5) is 0.0927. The zero-order valence-corrected chi connectivity index (χ0v) is 13.1. The first-order valence-electron chi connectivity index (χ1n) is 6.77. The Hall–Kier alpha value is -2.77. The van der Waals surface area contributed by atoms with Gasteiger partial charge in [0.25, 0.3) is 0 Å². The molecule has 0 spiro atoms. The number of aromatic nitrogens is 4. The Morgan fingerprint density at radius 2 is 2.22 bits per heavy atom. The first-order chi connectivity index (χ1) is 11.1. The number of tetrazole rings is 1. The van der Waals surface area contributed by atoms with Crippen LogP contribution in [0.15, 0.2) is 35.4 Å². The van der Waals surface area contributed by atoms with Crippen molar-refractivity contribution >= 4 is 21.3 Å². The molecule has 0 aliphatic rings. The van der Waals surface area contributed by atoms with Crippen LogP contribution in [0, 0.1) is 11.3 Å². The molecule has 0 fully saturated rings. The Bertz CT molecular complexity index is 822. The Morgan fingerprint density at radius 1 is 1.43 bits per heavy atom. The maximum atomic E-state index is 12.3. The number of nitrogens with one attached hydrogen (secondary N) is 3. The van der Waals surface area contributed by atoms with E-state index in [0.717, 1.165) is 0 Å². The summed E-state index contributed by atoms with van der Waals surface area (Å²) in [5.41, 5.74) is 0.458. The van der Waals surface area contributed by atoms with Gasteiger partial charge in [0.05, 0.1) is 5.69 Å². The molecular formula is C13H15N7O2S. The molecule has 10 heteroatoms. The molecule has 0 amide bonds. The third kappa shape index (κ3) is 4.12. The number of aromatic amines is 1. The van der Waals surface area contributed by atoms with Gasteiger partial charge in [-0.3, -0.25) is 0 Å². The number of nitrogens with zero attached hydrogens (tertiary/aromatic N) is 4. The third-order valence-corrected chi connectivity index (χ3v) is 4.32. The highest BCUT2D eigenvalue weighted by molar-refractivity contribution is 7.89. The predicted octanol–water partition coefficient (Wildman–Crippen LogP) is 0.865. The van der Waals surface area contributed by atoms with Crippen LogP contribution in [0.3, 0.4) is 0 Å². The molecule has 9 nitrogen and oxygen atoms in total. The summed E-state index contributed by atoms with van der Waals surface area (Å²) in [5, 5.41) is 24.9. The predicted molar refractivity (Wildman–Crippen MR) is 83.3 cm³/mol. The molecular weight excluding hydrogens is 318 g/mol. The molecule has 0 unspecified atom stereocenters. The fraction of sp³-hybridized carbons (Fsp3) is 0.231. The van der Waals surface area contributed by atoms with Crippen molar-refractivity contribution in [1.82, 2.24) is 25.3 Å². The van der Waals surface area contributed by atoms with Gasteiger partial charge in [-0.25, -0.2) is 13.1 Å². The molecule has 0 bridgehead atoms. The van der Waals surface area contributed by atoms with E-state index in [1.54, 1.807) is 18.2 Å². The minimum atomic E-state index is -3.64. The lowest BCUT2D eigenvalue weighted by molar-refractivity contribution is 0.581. The molecule has 23 heavy (non-hydrogen) atoms. The molecule has 0 atom stereocenters.